The monoisotopic (exact) mass is 351 g/mol. The van der Waals surface area contributed by atoms with Gasteiger partial charge in [0.1, 0.15) is 0 Å². The Labute approximate surface area is 134 Å². The van der Waals surface area contributed by atoms with Crippen LogP contribution in [0.5, 0.6) is 0 Å². The minimum atomic E-state index is 0.308. The third-order valence-electron chi connectivity index (χ3n) is 3.30. The fourth-order valence-corrected chi connectivity index (χ4v) is 3.90. The number of hydrogen-bond donors (Lipinski definition) is 1. The van der Waals surface area contributed by atoms with Gasteiger partial charge in [0.15, 0.2) is 0 Å². The Morgan fingerprint density at radius 3 is 2.65 bits per heavy atom. The van der Waals surface area contributed by atoms with Crippen molar-refractivity contribution in [3.63, 3.8) is 0 Å². The van der Waals surface area contributed by atoms with Crippen molar-refractivity contribution in [3.05, 3.63) is 56.2 Å². The lowest BCUT2D eigenvalue weighted by atomic mass is 10.0. The molecule has 3 heteroatoms. The minimum absolute atomic E-state index is 0.308. The van der Waals surface area contributed by atoms with Crippen LogP contribution in [-0.2, 0) is 6.42 Å². The van der Waals surface area contributed by atoms with Crippen LogP contribution < -0.4 is 5.32 Å². The van der Waals surface area contributed by atoms with Crippen molar-refractivity contribution in [2.75, 3.05) is 6.54 Å². The first-order valence-electron chi connectivity index (χ1n) is 7.32. The van der Waals surface area contributed by atoms with Crippen molar-refractivity contribution >= 4 is 27.3 Å². The van der Waals surface area contributed by atoms with Crippen LogP contribution in [0.25, 0.3) is 0 Å². The van der Waals surface area contributed by atoms with E-state index in [9.17, 15) is 0 Å². The minimum Gasteiger partial charge on any atom is -0.306 e. The van der Waals surface area contributed by atoms with Gasteiger partial charge < -0.3 is 5.32 Å². The summed E-state index contributed by atoms with van der Waals surface area (Å²) < 4.78 is 1.19. The SMILES string of the molecule is CCCNC(c1cccc(CCC)c1)c1ccc(Br)s1. The fraction of sp³-hybridized carbons (Fsp3) is 0.412. The van der Waals surface area contributed by atoms with Crippen LogP contribution in [0.15, 0.2) is 40.2 Å². The van der Waals surface area contributed by atoms with Gasteiger partial charge in [-0.25, -0.2) is 0 Å². The Morgan fingerprint density at radius 2 is 2.00 bits per heavy atom. The maximum Gasteiger partial charge on any atom is 0.0702 e. The highest BCUT2D eigenvalue weighted by molar-refractivity contribution is 9.11. The molecule has 1 aromatic carbocycles. The van der Waals surface area contributed by atoms with Crippen LogP contribution in [0, 0.1) is 0 Å². The maximum absolute atomic E-state index is 3.67. The van der Waals surface area contributed by atoms with E-state index in [0.717, 1.165) is 19.4 Å². The average molecular weight is 352 g/mol. The highest BCUT2D eigenvalue weighted by Gasteiger charge is 2.15. The molecule has 1 nitrogen and oxygen atoms in total. The van der Waals surface area contributed by atoms with E-state index in [1.807, 2.05) is 11.3 Å². The molecule has 1 heterocycles. The van der Waals surface area contributed by atoms with Crippen LogP contribution in [0.3, 0.4) is 0 Å². The zero-order chi connectivity index (χ0) is 14.4. The summed E-state index contributed by atoms with van der Waals surface area (Å²) in [6, 6.07) is 13.7. The van der Waals surface area contributed by atoms with Crippen LogP contribution in [-0.4, -0.2) is 6.54 Å². The van der Waals surface area contributed by atoms with Gasteiger partial charge in [0.25, 0.3) is 0 Å². The molecule has 0 fully saturated rings. The standard InChI is InChI=1S/C17H22BrNS/c1-3-6-13-7-5-8-14(12-13)17(19-11-4-2)15-9-10-16(18)20-15/h5,7-10,12,17,19H,3-4,6,11H2,1-2H3. The normalized spacial score (nSPS) is 12.6. The Hall–Kier alpha value is -0.640. The molecule has 0 bridgehead atoms. The van der Waals surface area contributed by atoms with E-state index in [4.69, 9.17) is 0 Å². The molecule has 0 saturated heterocycles. The first-order chi connectivity index (χ1) is 9.74. The third kappa shape index (κ3) is 4.18. The number of rotatable bonds is 7. The predicted octanol–water partition coefficient (Wildman–Crippen LogP) is 5.55. The van der Waals surface area contributed by atoms with Crippen molar-refractivity contribution < 1.29 is 0 Å². The highest BCUT2D eigenvalue weighted by atomic mass is 79.9. The third-order valence-corrected chi connectivity index (χ3v) is 4.99. The lowest BCUT2D eigenvalue weighted by molar-refractivity contribution is 0.605. The molecule has 0 aliphatic carbocycles. The molecular formula is C17H22BrNS. The number of nitrogens with one attached hydrogen (secondary N) is 1. The van der Waals surface area contributed by atoms with Crippen LogP contribution in [0.1, 0.15) is 48.7 Å². The number of halogens is 1. The second-order valence-corrected chi connectivity index (χ2v) is 7.52. The summed E-state index contributed by atoms with van der Waals surface area (Å²) in [5.41, 5.74) is 2.81. The van der Waals surface area contributed by atoms with Crippen LogP contribution in [0.4, 0.5) is 0 Å². The summed E-state index contributed by atoms with van der Waals surface area (Å²) in [4.78, 5) is 1.37. The highest BCUT2D eigenvalue weighted by Crippen LogP contribution is 2.31. The average Bonchev–Trinajstić information content (AvgIpc) is 2.87. The van der Waals surface area contributed by atoms with Gasteiger partial charge in [-0.05, 0) is 58.6 Å². The van der Waals surface area contributed by atoms with Crippen molar-refractivity contribution in [2.45, 2.75) is 39.2 Å². The molecule has 0 aliphatic rings. The molecule has 20 heavy (non-hydrogen) atoms. The van der Waals surface area contributed by atoms with Gasteiger partial charge in [0, 0.05) is 4.88 Å². The summed E-state index contributed by atoms with van der Waals surface area (Å²) in [7, 11) is 0. The van der Waals surface area contributed by atoms with E-state index in [1.54, 1.807) is 0 Å². The molecule has 108 valence electrons. The largest absolute Gasteiger partial charge is 0.306 e. The second-order valence-electron chi connectivity index (χ2n) is 5.02. The van der Waals surface area contributed by atoms with Crippen molar-refractivity contribution in [3.8, 4) is 0 Å². The fourth-order valence-electron chi connectivity index (χ4n) is 2.37. The van der Waals surface area contributed by atoms with Gasteiger partial charge in [-0.15, -0.1) is 11.3 Å². The van der Waals surface area contributed by atoms with E-state index in [0.29, 0.717) is 6.04 Å². The summed E-state index contributed by atoms with van der Waals surface area (Å²) >= 11 is 5.39. The zero-order valence-electron chi connectivity index (χ0n) is 12.2. The molecule has 1 aromatic heterocycles. The molecule has 0 radical (unpaired) electrons. The van der Waals surface area contributed by atoms with Crippen molar-refractivity contribution in [1.82, 2.24) is 5.32 Å². The molecule has 1 unspecified atom stereocenters. The topological polar surface area (TPSA) is 12.0 Å². The lowest BCUT2D eigenvalue weighted by Crippen LogP contribution is -2.22. The quantitative estimate of drug-likeness (QED) is 0.689. The molecule has 1 N–H and O–H groups in total. The summed E-state index contributed by atoms with van der Waals surface area (Å²) in [5, 5.41) is 3.67. The Balaban J connectivity index is 2.28. The van der Waals surface area contributed by atoms with Gasteiger partial charge in [-0.3, -0.25) is 0 Å². The predicted molar refractivity (Wildman–Crippen MR) is 92.6 cm³/mol. The zero-order valence-corrected chi connectivity index (χ0v) is 14.6. The van der Waals surface area contributed by atoms with Crippen molar-refractivity contribution in [2.24, 2.45) is 0 Å². The molecule has 0 spiro atoms. The van der Waals surface area contributed by atoms with Gasteiger partial charge in [0.2, 0.25) is 0 Å². The number of thiophene rings is 1. The second kappa shape index (κ2) is 7.96. The number of benzene rings is 1. The smallest absolute Gasteiger partial charge is 0.0702 e. The number of hydrogen-bond acceptors (Lipinski definition) is 2. The Kier molecular flexibility index (Phi) is 6.27. The van der Waals surface area contributed by atoms with Crippen LogP contribution in [0.2, 0.25) is 0 Å². The van der Waals surface area contributed by atoms with Gasteiger partial charge in [-0.1, -0.05) is 44.5 Å². The van der Waals surface area contributed by atoms with Crippen LogP contribution >= 0.6 is 27.3 Å². The molecule has 2 rings (SSSR count). The summed E-state index contributed by atoms with van der Waals surface area (Å²) in [6.45, 7) is 5.48. The first kappa shape index (κ1) is 15.7. The van der Waals surface area contributed by atoms with Crippen molar-refractivity contribution in [1.29, 1.82) is 0 Å². The van der Waals surface area contributed by atoms with Gasteiger partial charge in [0.05, 0.1) is 9.83 Å². The Bertz CT molecular complexity index is 535. The lowest BCUT2D eigenvalue weighted by Gasteiger charge is -2.18. The summed E-state index contributed by atoms with van der Waals surface area (Å²) in [5.74, 6) is 0. The van der Waals surface area contributed by atoms with Gasteiger partial charge in [-0.2, -0.15) is 0 Å². The summed E-state index contributed by atoms with van der Waals surface area (Å²) in [6.07, 6.45) is 3.50. The first-order valence-corrected chi connectivity index (χ1v) is 8.93. The van der Waals surface area contributed by atoms with E-state index in [2.05, 4.69) is 71.5 Å². The molecule has 0 amide bonds. The molecule has 1 atom stereocenters. The molecular weight excluding hydrogens is 330 g/mol. The molecule has 0 saturated carbocycles. The molecule has 2 aromatic rings. The number of aryl methyl sites for hydroxylation is 1. The van der Waals surface area contributed by atoms with E-state index >= 15 is 0 Å². The maximum atomic E-state index is 3.67. The van der Waals surface area contributed by atoms with Gasteiger partial charge >= 0.3 is 0 Å². The van der Waals surface area contributed by atoms with E-state index in [-0.39, 0.29) is 0 Å². The van der Waals surface area contributed by atoms with E-state index < -0.39 is 0 Å². The van der Waals surface area contributed by atoms with E-state index in [1.165, 1.54) is 26.2 Å². The Morgan fingerprint density at radius 1 is 1.15 bits per heavy atom. The molecule has 0 aliphatic heterocycles.